The summed E-state index contributed by atoms with van der Waals surface area (Å²) in [6, 6.07) is 0. The minimum Gasteiger partial charge on any atom is -0.465 e. The Morgan fingerprint density at radius 3 is 2.95 bits per heavy atom. The largest absolute Gasteiger partial charge is 0.465 e. The highest BCUT2D eigenvalue weighted by atomic mass is 32.1. The van der Waals surface area contributed by atoms with Crippen LogP contribution in [-0.4, -0.2) is 27.8 Å². The van der Waals surface area contributed by atoms with Crippen molar-refractivity contribution in [2.24, 2.45) is 7.05 Å². The summed E-state index contributed by atoms with van der Waals surface area (Å²) in [5.74, 6) is -0.344. The molecule has 0 atom stereocenters. The van der Waals surface area contributed by atoms with E-state index in [2.05, 4.69) is 22.3 Å². The molecule has 0 unspecified atom stereocenters. The number of carbonyl (C=O) groups excluding carboxylic acids is 1. The third kappa shape index (κ3) is 2.98. The van der Waals surface area contributed by atoms with Crippen LogP contribution in [0.2, 0.25) is 0 Å². The second-order valence-corrected chi connectivity index (χ2v) is 5.41. The van der Waals surface area contributed by atoms with E-state index >= 15 is 0 Å². The summed E-state index contributed by atoms with van der Waals surface area (Å²) in [5.41, 5.74) is 2.90. The van der Waals surface area contributed by atoms with Crippen molar-refractivity contribution in [3.05, 3.63) is 28.0 Å². The number of rotatable bonds is 5. The van der Waals surface area contributed by atoms with Crippen molar-refractivity contribution in [2.75, 3.05) is 12.4 Å². The first-order chi connectivity index (χ1) is 9.55. The van der Waals surface area contributed by atoms with Gasteiger partial charge in [0.25, 0.3) is 0 Å². The maximum atomic E-state index is 11.5. The summed E-state index contributed by atoms with van der Waals surface area (Å²) in [4.78, 5) is 16.4. The monoisotopic (exact) mass is 294 g/mol. The van der Waals surface area contributed by atoms with E-state index in [1.165, 1.54) is 18.4 Å². The molecule has 0 saturated heterocycles. The van der Waals surface area contributed by atoms with Gasteiger partial charge in [0.1, 0.15) is 4.88 Å². The molecule has 1 N–H and O–H groups in total. The maximum Gasteiger partial charge on any atom is 0.350 e. The molecule has 6 nitrogen and oxygen atoms in total. The number of methoxy groups -OCH3 is 1. The minimum atomic E-state index is -0.344. The van der Waals surface area contributed by atoms with Gasteiger partial charge in [-0.05, 0) is 13.3 Å². The van der Waals surface area contributed by atoms with Crippen LogP contribution >= 0.6 is 11.3 Å². The van der Waals surface area contributed by atoms with Crippen LogP contribution in [0, 0.1) is 6.92 Å². The number of esters is 1. The Morgan fingerprint density at radius 1 is 1.55 bits per heavy atom. The lowest BCUT2D eigenvalue weighted by atomic mass is 10.2. The second-order valence-electron chi connectivity index (χ2n) is 4.41. The Hall–Kier alpha value is -1.89. The molecule has 2 aromatic rings. The van der Waals surface area contributed by atoms with Gasteiger partial charge in [-0.2, -0.15) is 5.10 Å². The third-order valence-corrected chi connectivity index (χ3v) is 4.02. The van der Waals surface area contributed by atoms with Gasteiger partial charge in [-0.15, -0.1) is 0 Å². The van der Waals surface area contributed by atoms with Gasteiger partial charge < -0.3 is 10.1 Å². The molecule has 0 aromatic carbocycles. The lowest BCUT2D eigenvalue weighted by molar-refractivity contribution is 0.0605. The van der Waals surface area contributed by atoms with E-state index in [1.807, 2.05) is 17.9 Å². The number of hydrogen-bond donors (Lipinski definition) is 1. The highest BCUT2D eigenvalue weighted by Crippen LogP contribution is 2.24. The summed E-state index contributed by atoms with van der Waals surface area (Å²) in [5, 5.41) is 8.34. The van der Waals surface area contributed by atoms with Crippen molar-refractivity contribution < 1.29 is 9.53 Å². The van der Waals surface area contributed by atoms with Gasteiger partial charge in [0, 0.05) is 25.4 Å². The number of ether oxygens (including phenoxy) is 1. The zero-order valence-corrected chi connectivity index (χ0v) is 12.9. The van der Waals surface area contributed by atoms with Crippen molar-refractivity contribution in [1.29, 1.82) is 0 Å². The summed E-state index contributed by atoms with van der Waals surface area (Å²) in [6.07, 6.45) is 2.88. The van der Waals surface area contributed by atoms with Crippen LogP contribution < -0.4 is 5.32 Å². The molecule has 0 radical (unpaired) electrons. The summed E-state index contributed by atoms with van der Waals surface area (Å²) < 4.78 is 6.53. The fourth-order valence-electron chi connectivity index (χ4n) is 1.95. The molecule has 108 valence electrons. The first kappa shape index (κ1) is 14.5. The number of nitrogens with one attached hydrogen (secondary N) is 1. The second kappa shape index (κ2) is 6.04. The maximum absolute atomic E-state index is 11.5. The molecule has 7 heteroatoms. The lowest BCUT2D eigenvalue weighted by Crippen LogP contribution is -2.00. The van der Waals surface area contributed by atoms with E-state index < -0.39 is 0 Å². The predicted octanol–water partition coefficient (Wildman–Crippen LogP) is 2.15. The molecule has 20 heavy (non-hydrogen) atoms. The standard InChI is InChI=1S/C13H18N4O2S/c1-5-10-9(7-17(3)16-10)6-14-13-15-8(2)11(20-13)12(18)19-4/h7H,5-6H2,1-4H3,(H,14,15). The van der Waals surface area contributed by atoms with E-state index in [0.29, 0.717) is 22.2 Å². The Kier molecular flexibility index (Phi) is 4.39. The van der Waals surface area contributed by atoms with Crippen molar-refractivity contribution in [3.8, 4) is 0 Å². The van der Waals surface area contributed by atoms with Crippen LogP contribution in [-0.2, 0) is 24.8 Å². The Morgan fingerprint density at radius 2 is 2.30 bits per heavy atom. The molecule has 0 spiro atoms. The van der Waals surface area contributed by atoms with E-state index in [4.69, 9.17) is 4.74 Å². The fourth-order valence-corrected chi connectivity index (χ4v) is 2.83. The van der Waals surface area contributed by atoms with Gasteiger partial charge >= 0.3 is 5.97 Å². The first-order valence-corrected chi connectivity index (χ1v) is 7.17. The zero-order valence-electron chi connectivity index (χ0n) is 12.1. The van der Waals surface area contributed by atoms with E-state index in [1.54, 1.807) is 6.92 Å². The molecular weight excluding hydrogens is 276 g/mol. The van der Waals surface area contributed by atoms with Gasteiger partial charge in [0.15, 0.2) is 5.13 Å². The number of thiazole rings is 1. The van der Waals surface area contributed by atoms with Crippen molar-refractivity contribution >= 4 is 22.4 Å². The van der Waals surface area contributed by atoms with Crippen LogP contribution in [0.15, 0.2) is 6.20 Å². The molecular formula is C13H18N4O2S. The van der Waals surface area contributed by atoms with Crippen molar-refractivity contribution in [1.82, 2.24) is 14.8 Å². The number of nitrogens with zero attached hydrogens (tertiary/aromatic N) is 3. The first-order valence-electron chi connectivity index (χ1n) is 6.36. The quantitative estimate of drug-likeness (QED) is 0.856. The predicted molar refractivity (Wildman–Crippen MR) is 78.1 cm³/mol. The Labute approximate surface area is 121 Å². The van der Waals surface area contributed by atoms with Gasteiger partial charge in [-0.25, -0.2) is 9.78 Å². The molecule has 0 aliphatic carbocycles. The lowest BCUT2D eigenvalue weighted by Gasteiger charge is -2.01. The van der Waals surface area contributed by atoms with Gasteiger partial charge in [-0.1, -0.05) is 18.3 Å². The zero-order chi connectivity index (χ0) is 14.7. The highest BCUT2D eigenvalue weighted by molar-refractivity contribution is 7.17. The molecule has 0 bridgehead atoms. The summed E-state index contributed by atoms with van der Waals surface area (Å²) >= 11 is 1.31. The fraction of sp³-hybridized carbons (Fsp3) is 0.462. The number of aromatic nitrogens is 3. The van der Waals surface area contributed by atoms with E-state index in [-0.39, 0.29) is 5.97 Å². The number of hydrogen-bond acceptors (Lipinski definition) is 6. The van der Waals surface area contributed by atoms with Gasteiger partial charge in [0.2, 0.25) is 0 Å². The molecule has 0 aliphatic rings. The summed E-state index contributed by atoms with van der Waals surface area (Å²) in [7, 11) is 3.28. The van der Waals surface area contributed by atoms with Crippen LogP contribution in [0.4, 0.5) is 5.13 Å². The average Bonchev–Trinajstić information content (AvgIpc) is 2.98. The molecule has 2 rings (SSSR count). The Balaban J connectivity index is 2.09. The highest BCUT2D eigenvalue weighted by Gasteiger charge is 2.15. The molecule has 2 heterocycles. The topological polar surface area (TPSA) is 69.0 Å². The average molecular weight is 294 g/mol. The minimum absolute atomic E-state index is 0.344. The molecule has 0 aliphatic heterocycles. The van der Waals surface area contributed by atoms with Crippen LogP contribution in [0.5, 0.6) is 0 Å². The Bertz CT molecular complexity index is 618. The molecule has 0 fully saturated rings. The number of carbonyl (C=O) groups is 1. The smallest absolute Gasteiger partial charge is 0.350 e. The number of anilines is 1. The van der Waals surface area contributed by atoms with Gasteiger partial charge in [0.05, 0.1) is 18.5 Å². The normalized spacial score (nSPS) is 10.6. The van der Waals surface area contributed by atoms with E-state index in [0.717, 1.165) is 17.7 Å². The van der Waals surface area contributed by atoms with Crippen LogP contribution in [0.3, 0.4) is 0 Å². The molecule has 2 aromatic heterocycles. The SMILES string of the molecule is CCc1nn(C)cc1CNc1nc(C)c(C(=O)OC)s1. The summed E-state index contributed by atoms with van der Waals surface area (Å²) in [6.45, 7) is 4.52. The molecule has 0 saturated carbocycles. The van der Waals surface area contributed by atoms with Crippen LogP contribution in [0.25, 0.3) is 0 Å². The molecule has 0 amide bonds. The van der Waals surface area contributed by atoms with Crippen molar-refractivity contribution in [3.63, 3.8) is 0 Å². The third-order valence-electron chi connectivity index (χ3n) is 2.92. The number of aryl methyl sites for hydroxylation is 3. The van der Waals surface area contributed by atoms with Crippen molar-refractivity contribution in [2.45, 2.75) is 26.8 Å². The van der Waals surface area contributed by atoms with Crippen LogP contribution in [0.1, 0.15) is 33.5 Å². The van der Waals surface area contributed by atoms with Gasteiger partial charge in [-0.3, -0.25) is 4.68 Å². The van der Waals surface area contributed by atoms with E-state index in [9.17, 15) is 4.79 Å².